The molecule has 3 aromatic heterocycles. The Bertz CT molecular complexity index is 1490. The molecule has 0 radical (unpaired) electrons. The summed E-state index contributed by atoms with van der Waals surface area (Å²) in [6.45, 7) is 0. The van der Waals surface area contributed by atoms with E-state index in [9.17, 15) is 9.59 Å². The molecule has 0 aliphatic rings. The van der Waals surface area contributed by atoms with Crippen LogP contribution >= 0.6 is 11.6 Å². The molecule has 0 saturated carbocycles. The quantitative estimate of drug-likeness (QED) is 0.373. The van der Waals surface area contributed by atoms with Crippen molar-refractivity contribution in [1.29, 1.82) is 0 Å². The van der Waals surface area contributed by atoms with Gasteiger partial charge in [-0.25, -0.2) is 4.98 Å². The van der Waals surface area contributed by atoms with E-state index in [1.807, 2.05) is 30.3 Å². The van der Waals surface area contributed by atoms with Crippen molar-refractivity contribution in [3.8, 4) is 28.7 Å². The fraction of sp³-hybridized carbons (Fsp3) is 0.0400. The van der Waals surface area contributed by atoms with Gasteiger partial charge in [-0.05, 0) is 29.8 Å². The summed E-state index contributed by atoms with van der Waals surface area (Å²) in [6.07, 6.45) is 1.66. The molecule has 0 atom stereocenters. The van der Waals surface area contributed by atoms with Gasteiger partial charge in [-0.1, -0.05) is 54.1 Å². The number of H-pyrrole nitrogens is 1. The SMILES string of the molecule is O=C(Cc1ccc(Cl)cc1)Nc1cc(-c2ccco2)nn1-c1nc(-c2ccccc2)cc(=O)[nH]1. The topological polar surface area (TPSA) is 106 Å². The standard InChI is InChI=1S/C25H18ClN5O3/c26-18-10-8-16(9-11-18)13-23(32)28-22-14-20(21-7-4-12-34-21)30-31(22)25-27-19(15-24(33)29-25)17-5-2-1-3-6-17/h1-12,14-15H,13H2,(H,28,32)(H,27,29,33). The predicted octanol–water partition coefficient (Wildman–Crippen LogP) is 4.72. The summed E-state index contributed by atoms with van der Waals surface area (Å²) in [6, 6.07) is 22.9. The van der Waals surface area contributed by atoms with Crippen LogP contribution < -0.4 is 10.9 Å². The lowest BCUT2D eigenvalue weighted by atomic mass is 10.1. The number of benzene rings is 2. The Hall–Kier alpha value is -4.43. The third-order valence-electron chi connectivity index (χ3n) is 5.03. The maximum absolute atomic E-state index is 12.8. The van der Waals surface area contributed by atoms with Crippen molar-refractivity contribution >= 4 is 23.3 Å². The van der Waals surface area contributed by atoms with E-state index >= 15 is 0 Å². The molecule has 168 valence electrons. The molecule has 9 heteroatoms. The Morgan fingerprint density at radius 2 is 1.79 bits per heavy atom. The molecule has 2 N–H and O–H groups in total. The number of rotatable bonds is 6. The molecule has 0 fully saturated rings. The third-order valence-corrected chi connectivity index (χ3v) is 5.28. The molecule has 5 rings (SSSR count). The minimum absolute atomic E-state index is 0.131. The number of aromatic nitrogens is 4. The number of nitrogens with one attached hydrogen (secondary N) is 2. The zero-order valence-electron chi connectivity index (χ0n) is 17.7. The molecule has 0 spiro atoms. The molecule has 34 heavy (non-hydrogen) atoms. The van der Waals surface area contributed by atoms with Crippen molar-refractivity contribution in [2.45, 2.75) is 6.42 Å². The van der Waals surface area contributed by atoms with Crippen molar-refractivity contribution < 1.29 is 9.21 Å². The van der Waals surface area contributed by atoms with Gasteiger partial charge < -0.3 is 9.73 Å². The van der Waals surface area contributed by atoms with Crippen LogP contribution in [0.2, 0.25) is 5.02 Å². The first-order valence-corrected chi connectivity index (χ1v) is 10.8. The lowest BCUT2D eigenvalue weighted by Crippen LogP contribution is -2.19. The number of anilines is 1. The first-order chi connectivity index (χ1) is 16.5. The van der Waals surface area contributed by atoms with Crippen molar-refractivity contribution in [1.82, 2.24) is 19.7 Å². The minimum atomic E-state index is -0.350. The second-order valence-electron chi connectivity index (χ2n) is 7.48. The van der Waals surface area contributed by atoms with Crippen LogP contribution in [0.1, 0.15) is 5.56 Å². The van der Waals surface area contributed by atoms with E-state index in [1.54, 1.807) is 42.5 Å². The second-order valence-corrected chi connectivity index (χ2v) is 7.91. The number of furan rings is 1. The molecule has 0 saturated heterocycles. The summed E-state index contributed by atoms with van der Waals surface area (Å²) in [5.41, 5.74) is 2.18. The van der Waals surface area contributed by atoms with Crippen LogP contribution in [-0.4, -0.2) is 25.7 Å². The molecular formula is C25H18ClN5O3. The molecule has 5 aromatic rings. The van der Waals surface area contributed by atoms with Gasteiger partial charge in [0.05, 0.1) is 18.4 Å². The van der Waals surface area contributed by atoms with E-state index in [2.05, 4.69) is 20.4 Å². The fourth-order valence-corrected chi connectivity index (χ4v) is 3.58. The molecule has 3 heterocycles. The number of hydrogen-bond acceptors (Lipinski definition) is 5. The Morgan fingerprint density at radius 3 is 2.53 bits per heavy atom. The minimum Gasteiger partial charge on any atom is -0.463 e. The van der Waals surface area contributed by atoms with Gasteiger partial charge in [0, 0.05) is 22.7 Å². The number of hydrogen-bond donors (Lipinski definition) is 2. The number of halogens is 1. The van der Waals surface area contributed by atoms with Crippen molar-refractivity contribution in [2.24, 2.45) is 0 Å². The molecule has 2 aromatic carbocycles. The highest BCUT2D eigenvalue weighted by molar-refractivity contribution is 6.30. The van der Waals surface area contributed by atoms with E-state index in [0.29, 0.717) is 28.0 Å². The second kappa shape index (κ2) is 9.21. The lowest BCUT2D eigenvalue weighted by molar-refractivity contribution is -0.115. The molecule has 0 aliphatic heterocycles. The summed E-state index contributed by atoms with van der Waals surface area (Å²) in [5.74, 6) is 0.731. The first kappa shape index (κ1) is 21.4. The third kappa shape index (κ3) is 4.67. The van der Waals surface area contributed by atoms with Gasteiger partial charge in [0.15, 0.2) is 5.76 Å². The Morgan fingerprint density at radius 1 is 1.00 bits per heavy atom. The maximum Gasteiger partial charge on any atom is 0.252 e. The van der Waals surface area contributed by atoms with E-state index in [1.165, 1.54) is 17.0 Å². The summed E-state index contributed by atoms with van der Waals surface area (Å²) in [7, 11) is 0. The lowest BCUT2D eigenvalue weighted by Gasteiger charge is -2.09. The summed E-state index contributed by atoms with van der Waals surface area (Å²) < 4.78 is 6.84. The van der Waals surface area contributed by atoms with Crippen molar-refractivity contribution in [3.63, 3.8) is 0 Å². The van der Waals surface area contributed by atoms with Gasteiger partial charge in [-0.2, -0.15) is 9.78 Å². The molecule has 0 aliphatic carbocycles. The maximum atomic E-state index is 12.8. The normalized spacial score (nSPS) is 10.9. The fourth-order valence-electron chi connectivity index (χ4n) is 3.45. The zero-order chi connectivity index (χ0) is 23.5. The number of amides is 1. The molecular weight excluding hydrogens is 454 g/mol. The number of carbonyl (C=O) groups is 1. The highest BCUT2D eigenvalue weighted by Crippen LogP contribution is 2.25. The largest absolute Gasteiger partial charge is 0.463 e. The molecule has 1 amide bonds. The monoisotopic (exact) mass is 471 g/mol. The average Bonchev–Trinajstić information content (AvgIpc) is 3.51. The van der Waals surface area contributed by atoms with Crippen LogP contribution in [-0.2, 0) is 11.2 Å². The Kier molecular flexibility index (Phi) is 5.80. The van der Waals surface area contributed by atoms with E-state index in [-0.39, 0.29) is 23.8 Å². The molecule has 0 bridgehead atoms. The van der Waals surface area contributed by atoms with Gasteiger partial charge >= 0.3 is 0 Å². The van der Waals surface area contributed by atoms with Gasteiger partial charge in [-0.15, -0.1) is 0 Å². The van der Waals surface area contributed by atoms with E-state index < -0.39 is 0 Å². The molecule has 0 unspecified atom stereocenters. The van der Waals surface area contributed by atoms with Crippen molar-refractivity contribution in [3.05, 3.63) is 106 Å². The van der Waals surface area contributed by atoms with Crippen LogP contribution in [0.15, 0.2) is 94.3 Å². The summed E-state index contributed by atoms with van der Waals surface area (Å²) in [5, 5.41) is 7.98. The predicted molar refractivity (Wildman–Crippen MR) is 129 cm³/mol. The summed E-state index contributed by atoms with van der Waals surface area (Å²) in [4.78, 5) is 32.5. The van der Waals surface area contributed by atoms with Crippen LogP contribution in [0.25, 0.3) is 28.7 Å². The van der Waals surface area contributed by atoms with Crippen LogP contribution in [0.5, 0.6) is 0 Å². The smallest absolute Gasteiger partial charge is 0.252 e. The van der Waals surface area contributed by atoms with Gasteiger partial charge in [0.2, 0.25) is 11.9 Å². The highest BCUT2D eigenvalue weighted by atomic mass is 35.5. The highest BCUT2D eigenvalue weighted by Gasteiger charge is 2.18. The Labute approximate surface area is 198 Å². The van der Waals surface area contributed by atoms with Gasteiger partial charge in [0.25, 0.3) is 5.56 Å². The summed E-state index contributed by atoms with van der Waals surface area (Å²) >= 11 is 5.93. The van der Waals surface area contributed by atoms with Crippen LogP contribution in [0, 0.1) is 0 Å². The van der Waals surface area contributed by atoms with Crippen LogP contribution in [0.3, 0.4) is 0 Å². The molecule has 8 nitrogen and oxygen atoms in total. The zero-order valence-corrected chi connectivity index (χ0v) is 18.5. The number of carbonyl (C=O) groups excluding carboxylic acids is 1. The number of nitrogens with zero attached hydrogens (tertiary/aromatic N) is 3. The van der Waals surface area contributed by atoms with E-state index in [4.69, 9.17) is 16.0 Å². The average molecular weight is 472 g/mol. The van der Waals surface area contributed by atoms with Crippen molar-refractivity contribution in [2.75, 3.05) is 5.32 Å². The van der Waals surface area contributed by atoms with Crippen LogP contribution in [0.4, 0.5) is 5.82 Å². The Balaban J connectivity index is 1.53. The van der Waals surface area contributed by atoms with Gasteiger partial charge in [0.1, 0.15) is 11.5 Å². The first-order valence-electron chi connectivity index (χ1n) is 10.4. The van der Waals surface area contributed by atoms with Gasteiger partial charge in [-0.3, -0.25) is 14.6 Å². The van der Waals surface area contributed by atoms with E-state index in [0.717, 1.165) is 11.1 Å². The number of aromatic amines is 1.